The highest BCUT2D eigenvalue weighted by atomic mass is 16.5. The van der Waals surface area contributed by atoms with E-state index >= 15 is 0 Å². The van der Waals surface area contributed by atoms with Crippen molar-refractivity contribution >= 4 is 22.6 Å². The number of fused-ring (bicyclic) bond motifs is 1. The lowest BCUT2D eigenvalue weighted by atomic mass is 10.2. The number of nitrogens with zero attached hydrogens (tertiary/aromatic N) is 2. The van der Waals surface area contributed by atoms with Gasteiger partial charge in [-0.15, -0.1) is 0 Å². The molecule has 0 saturated heterocycles. The van der Waals surface area contributed by atoms with Crippen LogP contribution < -0.4 is 10.1 Å². The number of ether oxygens (including phenoxy) is 1. The Balaban J connectivity index is 1.97. The van der Waals surface area contributed by atoms with Crippen molar-refractivity contribution in [2.45, 2.75) is 13.5 Å². The van der Waals surface area contributed by atoms with Gasteiger partial charge in [0.2, 0.25) is 5.91 Å². The quantitative estimate of drug-likeness (QED) is 0.805. The molecule has 0 aliphatic carbocycles. The highest BCUT2D eigenvalue weighted by molar-refractivity contribution is 5.98. The first-order valence-corrected chi connectivity index (χ1v) is 7.03. The van der Waals surface area contributed by atoms with Gasteiger partial charge in [-0.3, -0.25) is 9.48 Å². The fourth-order valence-corrected chi connectivity index (χ4v) is 2.41. The number of carbonyl (C=O) groups excluding carboxylic acids is 1. The second kappa shape index (κ2) is 5.89. The second-order valence-electron chi connectivity index (χ2n) is 5.05. The maximum absolute atomic E-state index is 11.3. The van der Waals surface area contributed by atoms with Crippen LogP contribution in [0, 0.1) is 0 Å². The molecule has 3 aromatic rings. The minimum absolute atomic E-state index is 0.125. The molecule has 2 aromatic carbocycles. The van der Waals surface area contributed by atoms with Gasteiger partial charge >= 0.3 is 0 Å². The van der Waals surface area contributed by atoms with Crippen molar-refractivity contribution in [3.63, 3.8) is 0 Å². The Morgan fingerprint density at radius 3 is 2.59 bits per heavy atom. The number of aromatic nitrogens is 2. The van der Waals surface area contributed by atoms with Crippen molar-refractivity contribution in [1.82, 2.24) is 9.78 Å². The lowest BCUT2D eigenvalue weighted by Gasteiger charge is -2.05. The third-order valence-corrected chi connectivity index (χ3v) is 3.44. The summed E-state index contributed by atoms with van der Waals surface area (Å²) in [7, 11) is 1.65. The molecule has 1 amide bonds. The summed E-state index contributed by atoms with van der Waals surface area (Å²) < 4.78 is 7.06. The van der Waals surface area contributed by atoms with Crippen molar-refractivity contribution in [2.75, 3.05) is 12.4 Å². The monoisotopic (exact) mass is 295 g/mol. The molecule has 1 aromatic heterocycles. The molecule has 1 heterocycles. The van der Waals surface area contributed by atoms with Gasteiger partial charge in [-0.25, -0.2) is 0 Å². The van der Waals surface area contributed by atoms with Gasteiger partial charge in [-0.2, -0.15) is 5.10 Å². The average Bonchev–Trinajstić information content (AvgIpc) is 2.86. The Morgan fingerprint density at radius 2 is 1.91 bits per heavy atom. The van der Waals surface area contributed by atoms with Gasteiger partial charge in [0, 0.05) is 12.3 Å². The summed E-state index contributed by atoms with van der Waals surface area (Å²) in [5, 5.41) is 8.24. The number of methoxy groups -OCH3 is 1. The molecule has 3 rings (SSSR count). The standard InChI is InChI=1S/C17H17N3O2/c1-12(21)18-17-15-5-3-4-6-16(15)20(19-17)11-13-7-9-14(22-2)10-8-13/h3-10H,11H2,1-2H3,(H,18,19,21). The second-order valence-corrected chi connectivity index (χ2v) is 5.05. The van der Waals surface area contributed by atoms with Crippen molar-refractivity contribution in [2.24, 2.45) is 0 Å². The van der Waals surface area contributed by atoms with Gasteiger partial charge in [-0.1, -0.05) is 24.3 Å². The number of nitrogens with one attached hydrogen (secondary N) is 1. The predicted molar refractivity (Wildman–Crippen MR) is 86.1 cm³/mol. The van der Waals surface area contributed by atoms with E-state index in [0.29, 0.717) is 12.4 Å². The van der Waals surface area contributed by atoms with Gasteiger partial charge < -0.3 is 10.1 Å². The summed E-state index contributed by atoms with van der Waals surface area (Å²) in [6.45, 7) is 2.11. The van der Waals surface area contributed by atoms with Crippen molar-refractivity contribution in [1.29, 1.82) is 0 Å². The first kappa shape index (κ1) is 14.1. The van der Waals surface area contributed by atoms with E-state index in [2.05, 4.69) is 10.4 Å². The van der Waals surface area contributed by atoms with E-state index in [1.807, 2.05) is 53.2 Å². The Hall–Kier alpha value is -2.82. The molecule has 0 saturated carbocycles. The molecule has 0 aliphatic rings. The third-order valence-electron chi connectivity index (χ3n) is 3.44. The van der Waals surface area contributed by atoms with Gasteiger partial charge in [0.15, 0.2) is 5.82 Å². The fraction of sp³-hybridized carbons (Fsp3) is 0.176. The first-order chi connectivity index (χ1) is 10.7. The number of benzene rings is 2. The van der Waals surface area contributed by atoms with E-state index in [1.54, 1.807) is 7.11 Å². The zero-order chi connectivity index (χ0) is 15.5. The summed E-state index contributed by atoms with van der Waals surface area (Å²) in [5.74, 6) is 1.30. The number of rotatable bonds is 4. The maximum atomic E-state index is 11.3. The molecule has 112 valence electrons. The van der Waals surface area contributed by atoms with E-state index in [-0.39, 0.29) is 5.91 Å². The zero-order valence-electron chi connectivity index (χ0n) is 12.5. The molecular weight excluding hydrogens is 278 g/mol. The van der Waals surface area contributed by atoms with Gasteiger partial charge in [0.1, 0.15) is 5.75 Å². The van der Waals surface area contributed by atoms with Crippen molar-refractivity contribution in [3.8, 4) is 5.75 Å². The Morgan fingerprint density at radius 1 is 1.18 bits per heavy atom. The van der Waals surface area contributed by atoms with E-state index in [4.69, 9.17) is 4.74 Å². The van der Waals surface area contributed by atoms with Crippen LogP contribution in [0.1, 0.15) is 12.5 Å². The van der Waals surface area contributed by atoms with E-state index in [9.17, 15) is 4.79 Å². The zero-order valence-corrected chi connectivity index (χ0v) is 12.5. The molecular formula is C17H17N3O2. The van der Waals surface area contributed by atoms with Crippen LogP contribution in [0.2, 0.25) is 0 Å². The number of hydrogen-bond acceptors (Lipinski definition) is 3. The van der Waals surface area contributed by atoms with Crippen LogP contribution in [0.4, 0.5) is 5.82 Å². The van der Waals surface area contributed by atoms with Crippen LogP contribution in [0.25, 0.3) is 10.9 Å². The van der Waals surface area contributed by atoms with Crippen LogP contribution in [0.5, 0.6) is 5.75 Å². The highest BCUT2D eigenvalue weighted by Gasteiger charge is 2.11. The SMILES string of the molecule is COc1ccc(Cn2nc(NC(C)=O)c3ccccc32)cc1. The topological polar surface area (TPSA) is 56.1 Å². The Kier molecular flexibility index (Phi) is 3.78. The lowest BCUT2D eigenvalue weighted by molar-refractivity contribution is -0.114. The molecule has 0 spiro atoms. The summed E-state index contributed by atoms with van der Waals surface area (Å²) in [4.78, 5) is 11.3. The number of amides is 1. The molecule has 0 unspecified atom stereocenters. The van der Waals surface area contributed by atoms with Gasteiger partial charge in [0.05, 0.1) is 19.2 Å². The van der Waals surface area contributed by atoms with E-state index < -0.39 is 0 Å². The first-order valence-electron chi connectivity index (χ1n) is 7.03. The van der Waals surface area contributed by atoms with E-state index in [1.165, 1.54) is 6.92 Å². The lowest BCUT2D eigenvalue weighted by Crippen LogP contribution is -2.08. The third kappa shape index (κ3) is 2.79. The fourth-order valence-electron chi connectivity index (χ4n) is 2.41. The minimum Gasteiger partial charge on any atom is -0.497 e. The number of anilines is 1. The van der Waals surface area contributed by atoms with Crippen LogP contribution >= 0.6 is 0 Å². The molecule has 5 heteroatoms. The smallest absolute Gasteiger partial charge is 0.222 e. The van der Waals surface area contributed by atoms with Crippen LogP contribution in [0.3, 0.4) is 0 Å². The molecule has 0 radical (unpaired) electrons. The van der Waals surface area contributed by atoms with Crippen LogP contribution in [-0.4, -0.2) is 22.8 Å². The Bertz CT molecular complexity index is 806. The maximum Gasteiger partial charge on any atom is 0.222 e. The summed E-state index contributed by atoms with van der Waals surface area (Å²) >= 11 is 0. The largest absolute Gasteiger partial charge is 0.497 e. The molecule has 22 heavy (non-hydrogen) atoms. The van der Waals surface area contributed by atoms with Crippen molar-refractivity contribution in [3.05, 3.63) is 54.1 Å². The van der Waals surface area contributed by atoms with E-state index in [0.717, 1.165) is 22.2 Å². The molecule has 0 aliphatic heterocycles. The minimum atomic E-state index is -0.125. The van der Waals surface area contributed by atoms with Gasteiger partial charge in [0.25, 0.3) is 0 Å². The molecule has 5 nitrogen and oxygen atoms in total. The Labute approximate surface area is 128 Å². The number of para-hydroxylation sites is 1. The summed E-state index contributed by atoms with van der Waals surface area (Å²) in [6.07, 6.45) is 0. The normalized spacial score (nSPS) is 10.6. The number of hydrogen-bond donors (Lipinski definition) is 1. The molecule has 0 atom stereocenters. The number of carbonyl (C=O) groups is 1. The molecule has 1 N–H and O–H groups in total. The summed E-state index contributed by atoms with van der Waals surface area (Å²) in [5.41, 5.74) is 2.10. The molecule has 0 bridgehead atoms. The molecule has 0 fully saturated rings. The van der Waals surface area contributed by atoms with Gasteiger partial charge in [-0.05, 0) is 29.8 Å². The highest BCUT2D eigenvalue weighted by Crippen LogP contribution is 2.23. The van der Waals surface area contributed by atoms with Crippen molar-refractivity contribution < 1.29 is 9.53 Å². The predicted octanol–water partition coefficient (Wildman–Crippen LogP) is 3.05. The van der Waals surface area contributed by atoms with Crippen LogP contribution in [0.15, 0.2) is 48.5 Å². The average molecular weight is 295 g/mol. The summed E-state index contributed by atoms with van der Waals surface area (Å²) in [6, 6.07) is 15.7. The van der Waals surface area contributed by atoms with Crippen LogP contribution in [-0.2, 0) is 11.3 Å².